The zero-order chi connectivity index (χ0) is 13.4. The first-order valence-corrected chi connectivity index (χ1v) is 5.95. The van der Waals surface area contributed by atoms with E-state index in [1.54, 1.807) is 0 Å². The van der Waals surface area contributed by atoms with Crippen LogP contribution < -0.4 is 10.7 Å². The van der Waals surface area contributed by atoms with Crippen LogP contribution in [0.25, 0.3) is 0 Å². The third kappa shape index (κ3) is 5.42. The van der Waals surface area contributed by atoms with Crippen LogP contribution in [0.5, 0.6) is 0 Å². The lowest BCUT2D eigenvalue weighted by atomic mass is 10.1. The Bertz CT molecular complexity index is 365. The summed E-state index contributed by atoms with van der Waals surface area (Å²) in [6, 6.07) is 0. The van der Waals surface area contributed by atoms with E-state index in [1.165, 1.54) is 0 Å². The minimum absolute atomic E-state index is 0.159. The van der Waals surface area contributed by atoms with E-state index in [-0.39, 0.29) is 24.7 Å². The van der Waals surface area contributed by atoms with Crippen molar-refractivity contribution in [3.63, 3.8) is 0 Å². The molecule has 7 heteroatoms. The van der Waals surface area contributed by atoms with Gasteiger partial charge in [-0.1, -0.05) is 6.42 Å². The van der Waals surface area contributed by atoms with Crippen molar-refractivity contribution in [2.75, 3.05) is 6.54 Å². The molecule has 0 radical (unpaired) electrons. The largest absolute Gasteiger partial charge is 0.481 e. The summed E-state index contributed by atoms with van der Waals surface area (Å²) >= 11 is 0. The zero-order valence-corrected chi connectivity index (χ0v) is 10.1. The molecule has 0 fully saturated rings. The summed E-state index contributed by atoms with van der Waals surface area (Å²) in [5.74, 6) is -1.25. The van der Waals surface area contributed by atoms with Crippen molar-refractivity contribution in [1.82, 2.24) is 10.7 Å². The molecule has 1 rings (SSSR count). The topological polar surface area (TPSA) is 108 Å². The molecule has 1 aliphatic heterocycles. The molecular formula is C11H17N3O4. The molecule has 1 aliphatic rings. The smallest absolute Gasteiger partial charge is 0.303 e. The molecule has 0 spiro atoms. The molecule has 0 atom stereocenters. The highest BCUT2D eigenvalue weighted by atomic mass is 16.4. The molecule has 3 N–H and O–H groups in total. The number of hydrazone groups is 1. The van der Waals surface area contributed by atoms with Gasteiger partial charge in [-0.3, -0.25) is 14.4 Å². The minimum atomic E-state index is -0.800. The number of aliphatic carboxylic acids is 1. The van der Waals surface area contributed by atoms with Gasteiger partial charge in [0, 0.05) is 25.8 Å². The monoisotopic (exact) mass is 255 g/mol. The normalized spacial score (nSPS) is 14.7. The Balaban J connectivity index is 2.10. The molecule has 0 aromatic heterocycles. The van der Waals surface area contributed by atoms with Crippen molar-refractivity contribution < 1.29 is 19.5 Å². The third-order valence-corrected chi connectivity index (χ3v) is 2.52. The van der Waals surface area contributed by atoms with E-state index in [9.17, 15) is 14.4 Å². The zero-order valence-electron chi connectivity index (χ0n) is 10.1. The molecule has 0 saturated heterocycles. The van der Waals surface area contributed by atoms with Gasteiger partial charge in [-0.2, -0.15) is 5.10 Å². The average molecular weight is 255 g/mol. The van der Waals surface area contributed by atoms with Crippen LogP contribution in [-0.2, 0) is 14.4 Å². The predicted octanol–water partition coefficient (Wildman–Crippen LogP) is 0.0136. The standard InChI is InChI=1S/C11H17N3O4/c15-9-6-5-8(13-14-9)11(18)12-7-3-1-2-4-10(16)17/h1-7H2,(H,12,18)(H,14,15)(H,16,17). The second kappa shape index (κ2) is 7.41. The van der Waals surface area contributed by atoms with Crippen molar-refractivity contribution in [3.05, 3.63) is 0 Å². The van der Waals surface area contributed by atoms with Crippen LogP contribution >= 0.6 is 0 Å². The molecule has 0 bridgehead atoms. The van der Waals surface area contributed by atoms with Crippen LogP contribution in [0.3, 0.4) is 0 Å². The van der Waals surface area contributed by atoms with Crippen molar-refractivity contribution in [1.29, 1.82) is 0 Å². The van der Waals surface area contributed by atoms with Crippen LogP contribution in [0, 0.1) is 0 Å². The first-order chi connectivity index (χ1) is 8.59. The van der Waals surface area contributed by atoms with Crippen molar-refractivity contribution in [2.24, 2.45) is 5.10 Å². The average Bonchev–Trinajstić information content (AvgIpc) is 2.34. The number of hydrogen-bond donors (Lipinski definition) is 3. The van der Waals surface area contributed by atoms with Crippen LogP contribution in [0.15, 0.2) is 5.10 Å². The fourth-order valence-corrected chi connectivity index (χ4v) is 1.52. The summed E-state index contributed by atoms with van der Waals surface area (Å²) in [7, 11) is 0. The summed E-state index contributed by atoms with van der Waals surface area (Å²) in [5, 5.41) is 14.8. The number of unbranched alkanes of at least 4 members (excludes halogenated alkanes) is 2. The maximum Gasteiger partial charge on any atom is 0.303 e. The number of nitrogens with one attached hydrogen (secondary N) is 2. The molecule has 0 aromatic carbocycles. The molecule has 0 aromatic rings. The first kappa shape index (κ1) is 14.1. The Morgan fingerprint density at radius 3 is 2.67 bits per heavy atom. The molecule has 0 unspecified atom stereocenters. The number of hydrogen-bond acceptors (Lipinski definition) is 4. The number of carbonyl (C=O) groups is 3. The summed E-state index contributed by atoms with van der Waals surface area (Å²) in [6.45, 7) is 0.491. The lowest BCUT2D eigenvalue weighted by molar-refractivity contribution is -0.137. The fourth-order valence-electron chi connectivity index (χ4n) is 1.52. The van der Waals surface area contributed by atoms with E-state index in [0.717, 1.165) is 12.8 Å². The fraction of sp³-hybridized carbons (Fsp3) is 0.636. The molecule has 2 amide bonds. The highest BCUT2D eigenvalue weighted by Crippen LogP contribution is 2.01. The van der Waals surface area contributed by atoms with Gasteiger partial charge in [0.25, 0.3) is 5.91 Å². The van der Waals surface area contributed by atoms with Gasteiger partial charge in [0.1, 0.15) is 5.71 Å². The maximum atomic E-state index is 11.6. The van der Waals surface area contributed by atoms with Crippen molar-refractivity contribution in [2.45, 2.75) is 38.5 Å². The van der Waals surface area contributed by atoms with Crippen molar-refractivity contribution in [3.8, 4) is 0 Å². The summed E-state index contributed by atoms with van der Waals surface area (Å²) < 4.78 is 0. The van der Waals surface area contributed by atoms with Gasteiger partial charge >= 0.3 is 5.97 Å². The molecule has 1 heterocycles. The van der Waals surface area contributed by atoms with Gasteiger partial charge in [0.2, 0.25) is 5.91 Å². The Hall–Kier alpha value is -1.92. The molecule has 18 heavy (non-hydrogen) atoms. The summed E-state index contributed by atoms with van der Waals surface area (Å²) in [5.41, 5.74) is 2.59. The second-order valence-electron chi connectivity index (χ2n) is 4.05. The number of amides is 2. The SMILES string of the molecule is O=C(O)CCCCCNC(=O)C1=NNC(=O)CC1. The van der Waals surface area contributed by atoms with Gasteiger partial charge in [0.15, 0.2) is 0 Å². The van der Waals surface area contributed by atoms with Gasteiger partial charge < -0.3 is 10.4 Å². The number of carboxylic acid groups (broad SMARTS) is 1. The second-order valence-corrected chi connectivity index (χ2v) is 4.05. The van der Waals surface area contributed by atoms with E-state index in [4.69, 9.17) is 5.11 Å². The Morgan fingerprint density at radius 1 is 1.28 bits per heavy atom. The Kier molecular flexibility index (Phi) is 5.83. The lowest BCUT2D eigenvalue weighted by Gasteiger charge is -2.11. The van der Waals surface area contributed by atoms with E-state index < -0.39 is 5.97 Å². The van der Waals surface area contributed by atoms with Crippen LogP contribution in [-0.4, -0.2) is 35.1 Å². The van der Waals surface area contributed by atoms with Crippen LogP contribution in [0.4, 0.5) is 0 Å². The number of nitrogens with zero attached hydrogens (tertiary/aromatic N) is 1. The quantitative estimate of drug-likeness (QED) is 0.557. The van der Waals surface area contributed by atoms with E-state index in [0.29, 0.717) is 25.1 Å². The Morgan fingerprint density at radius 2 is 2.06 bits per heavy atom. The van der Waals surface area contributed by atoms with E-state index >= 15 is 0 Å². The number of carboxylic acids is 1. The highest BCUT2D eigenvalue weighted by Gasteiger charge is 2.17. The maximum absolute atomic E-state index is 11.6. The lowest BCUT2D eigenvalue weighted by Crippen LogP contribution is -2.37. The van der Waals surface area contributed by atoms with E-state index in [2.05, 4.69) is 15.8 Å². The number of rotatable bonds is 7. The van der Waals surface area contributed by atoms with E-state index in [1.807, 2.05) is 0 Å². The molecular weight excluding hydrogens is 238 g/mol. The van der Waals surface area contributed by atoms with Gasteiger partial charge in [-0.05, 0) is 12.8 Å². The summed E-state index contributed by atoms with van der Waals surface area (Å²) in [4.78, 5) is 32.6. The van der Waals surface area contributed by atoms with Gasteiger partial charge in [0.05, 0.1) is 0 Å². The van der Waals surface area contributed by atoms with Crippen LogP contribution in [0.2, 0.25) is 0 Å². The van der Waals surface area contributed by atoms with Gasteiger partial charge in [-0.15, -0.1) is 0 Å². The van der Waals surface area contributed by atoms with Crippen molar-refractivity contribution >= 4 is 23.5 Å². The molecule has 0 aliphatic carbocycles. The predicted molar refractivity (Wildman–Crippen MR) is 63.9 cm³/mol. The molecule has 100 valence electrons. The third-order valence-electron chi connectivity index (χ3n) is 2.52. The Labute approximate surface area is 105 Å². The van der Waals surface area contributed by atoms with Crippen LogP contribution in [0.1, 0.15) is 38.5 Å². The molecule has 0 saturated carbocycles. The highest BCUT2D eigenvalue weighted by molar-refractivity contribution is 6.39. The summed E-state index contributed by atoms with van der Waals surface area (Å²) in [6.07, 6.45) is 2.91. The number of carbonyl (C=O) groups excluding carboxylic acids is 2. The first-order valence-electron chi connectivity index (χ1n) is 5.95. The minimum Gasteiger partial charge on any atom is -0.481 e. The van der Waals surface area contributed by atoms with Gasteiger partial charge in [-0.25, -0.2) is 5.43 Å². The molecule has 7 nitrogen and oxygen atoms in total.